The summed E-state index contributed by atoms with van der Waals surface area (Å²) < 4.78 is 4.77. The quantitative estimate of drug-likeness (QED) is 0.777. The van der Waals surface area contributed by atoms with E-state index in [-0.39, 0.29) is 5.97 Å². The molecule has 0 aliphatic heterocycles. The average molecular weight is 250 g/mol. The summed E-state index contributed by atoms with van der Waals surface area (Å²) in [6, 6.07) is 7.96. The summed E-state index contributed by atoms with van der Waals surface area (Å²) in [7, 11) is 5.50. The van der Waals surface area contributed by atoms with Crippen LogP contribution < -0.4 is 5.32 Å². The Balaban J connectivity index is 2.59. The van der Waals surface area contributed by atoms with Crippen LogP contribution in [0.2, 0.25) is 0 Å². The van der Waals surface area contributed by atoms with Crippen molar-refractivity contribution in [1.29, 1.82) is 0 Å². The molecule has 100 valence electrons. The lowest BCUT2D eigenvalue weighted by atomic mass is 10.1. The minimum Gasteiger partial charge on any atom is -0.465 e. The Hall–Kier alpha value is -1.39. The fraction of sp³-hybridized carbons (Fsp3) is 0.500. The number of benzene rings is 1. The highest BCUT2D eigenvalue weighted by molar-refractivity contribution is 5.90. The van der Waals surface area contributed by atoms with Crippen molar-refractivity contribution in [2.24, 2.45) is 0 Å². The lowest BCUT2D eigenvalue weighted by Crippen LogP contribution is -2.35. The highest BCUT2D eigenvalue weighted by atomic mass is 16.5. The maximum Gasteiger partial charge on any atom is 0.338 e. The molecule has 4 nitrogen and oxygen atoms in total. The lowest BCUT2D eigenvalue weighted by molar-refractivity contribution is 0.0599. The molecule has 0 saturated carbocycles. The summed E-state index contributed by atoms with van der Waals surface area (Å²) in [6.07, 6.45) is 0. The molecule has 0 fully saturated rings. The minimum absolute atomic E-state index is 0.284. The lowest BCUT2D eigenvalue weighted by Gasteiger charge is -2.20. The first-order valence-corrected chi connectivity index (χ1v) is 6.09. The number of carbonyl (C=O) groups is 1. The van der Waals surface area contributed by atoms with E-state index in [0.29, 0.717) is 18.2 Å². The average Bonchev–Trinajstić information content (AvgIpc) is 2.38. The van der Waals surface area contributed by atoms with Gasteiger partial charge in [0.2, 0.25) is 0 Å². The second kappa shape index (κ2) is 7.13. The van der Waals surface area contributed by atoms with E-state index >= 15 is 0 Å². The molecule has 1 aromatic rings. The van der Waals surface area contributed by atoms with Crippen LogP contribution in [0.1, 0.15) is 22.8 Å². The third-order valence-corrected chi connectivity index (χ3v) is 3.06. The molecule has 0 aliphatic rings. The van der Waals surface area contributed by atoms with Gasteiger partial charge in [-0.1, -0.05) is 18.2 Å². The fourth-order valence-electron chi connectivity index (χ4n) is 1.58. The standard InChI is InChI=1S/C14H22N2O2/c1-11(16(2)3)9-15-10-12-7-5-6-8-13(12)14(17)18-4/h5-8,11,15H,9-10H2,1-4H3. The van der Waals surface area contributed by atoms with Gasteiger partial charge < -0.3 is 15.0 Å². The SMILES string of the molecule is COC(=O)c1ccccc1CNCC(C)N(C)C. The van der Waals surface area contributed by atoms with E-state index in [1.54, 1.807) is 6.07 Å². The van der Waals surface area contributed by atoms with Gasteiger partial charge in [-0.25, -0.2) is 4.79 Å². The molecule has 0 heterocycles. The first-order valence-electron chi connectivity index (χ1n) is 6.09. The smallest absolute Gasteiger partial charge is 0.338 e. The monoisotopic (exact) mass is 250 g/mol. The van der Waals surface area contributed by atoms with Gasteiger partial charge in [0.25, 0.3) is 0 Å². The van der Waals surface area contributed by atoms with Gasteiger partial charge in [-0.05, 0) is 32.6 Å². The van der Waals surface area contributed by atoms with Crippen molar-refractivity contribution in [2.45, 2.75) is 19.5 Å². The third kappa shape index (κ3) is 4.13. The molecule has 0 radical (unpaired) electrons. The van der Waals surface area contributed by atoms with Crippen molar-refractivity contribution >= 4 is 5.97 Å². The number of methoxy groups -OCH3 is 1. The van der Waals surface area contributed by atoms with Crippen molar-refractivity contribution in [3.63, 3.8) is 0 Å². The van der Waals surface area contributed by atoms with Crippen molar-refractivity contribution < 1.29 is 9.53 Å². The molecule has 1 atom stereocenters. The third-order valence-electron chi connectivity index (χ3n) is 3.06. The highest BCUT2D eigenvalue weighted by Gasteiger charge is 2.11. The molecule has 0 amide bonds. The maximum absolute atomic E-state index is 11.6. The molecule has 4 heteroatoms. The summed E-state index contributed by atoms with van der Waals surface area (Å²) in [4.78, 5) is 13.7. The Morgan fingerprint density at radius 3 is 2.67 bits per heavy atom. The second-order valence-electron chi connectivity index (χ2n) is 4.59. The summed E-state index contributed by atoms with van der Waals surface area (Å²) in [5, 5.41) is 3.35. The molecule has 1 rings (SSSR count). The van der Waals surface area contributed by atoms with Crippen LogP contribution in [0.5, 0.6) is 0 Å². The number of hydrogen-bond donors (Lipinski definition) is 1. The number of rotatable bonds is 6. The van der Waals surface area contributed by atoms with Crippen LogP contribution >= 0.6 is 0 Å². The van der Waals surface area contributed by atoms with Crippen LogP contribution in [0.25, 0.3) is 0 Å². The van der Waals surface area contributed by atoms with Gasteiger partial charge in [0.15, 0.2) is 0 Å². The number of ether oxygens (including phenoxy) is 1. The van der Waals surface area contributed by atoms with Crippen LogP contribution in [-0.2, 0) is 11.3 Å². The summed E-state index contributed by atoms with van der Waals surface area (Å²) in [5.74, 6) is -0.284. The Kier molecular flexibility index (Phi) is 5.82. The molecule has 1 aromatic carbocycles. The van der Waals surface area contributed by atoms with Crippen molar-refractivity contribution in [3.05, 3.63) is 35.4 Å². The summed E-state index contributed by atoms with van der Waals surface area (Å²) >= 11 is 0. The van der Waals surface area contributed by atoms with Crippen molar-refractivity contribution in [1.82, 2.24) is 10.2 Å². The normalized spacial score (nSPS) is 12.5. The Bertz CT molecular complexity index is 391. The predicted molar refractivity (Wildman–Crippen MR) is 72.6 cm³/mol. The molecule has 0 saturated heterocycles. The van der Waals surface area contributed by atoms with Crippen molar-refractivity contribution in [3.8, 4) is 0 Å². The van der Waals surface area contributed by atoms with E-state index in [9.17, 15) is 4.79 Å². The van der Waals surface area contributed by atoms with Crippen LogP contribution in [0.4, 0.5) is 0 Å². The first-order chi connectivity index (χ1) is 8.56. The molecular formula is C14H22N2O2. The second-order valence-corrected chi connectivity index (χ2v) is 4.59. The van der Waals surface area contributed by atoms with E-state index in [1.807, 2.05) is 18.2 Å². The van der Waals surface area contributed by atoms with Crippen LogP contribution in [0.3, 0.4) is 0 Å². The van der Waals surface area contributed by atoms with Crippen LogP contribution in [-0.4, -0.2) is 44.7 Å². The van der Waals surface area contributed by atoms with Gasteiger partial charge in [0.1, 0.15) is 0 Å². The molecule has 0 aromatic heterocycles. The van der Waals surface area contributed by atoms with E-state index in [2.05, 4.69) is 31.2 Å². The summed E-state index contributed by atoms with van der Waals surface area (Å²) in [6.45, 7) is 3.70. The van der Waals surface area contributed by atoms with E-state index in [4.69, 9.17) is 4.74 Å². The zero-order valence-corrected chi connectivity index (χ0v) is 11.6. The van der Waals surface area contributed by atoms with E-state index in [1.165, 1.54) is 7.11 Å². The Morgan fingerprint density at radius 2 is 2.06 bits per heavy atom. The van der Waals surface area contributed by atoms with E-state index < -0.39 is 0 Å². The van der Waals surface area contributed by atoms with E-state index in [0.717, 1.165) is 12.1 Å². The number of carbonyl (C=O) groups excluding carboxylic acids is 1. The van der Waals surface area contributed by atoms with Crippen LogP contribution in [0, 0.1) is 0 Å². The zero-order valence-electron chi connectivity index (χ0n) is 11.6. The number of nitrogens with one attached hydrogen (secondary N) is 1. The molecule has 1 unspecified atom stereocenters. The first kappa shape index (κ1) is 14.7. The molecule has 0 bridgehead atoms. The number of likely N-dealkylation sites (N-methyl/N-ethyl adjacent to an activating group) is 1. The highest BCUT2D eigenvalue weighted by Crippen LogP contribution is 2.09. The Morgan fingerprint density at radius 1 is 1.39 bits per heavy atom. The fourth-order valence-corrected chi connectivity index (χ4v) is 1.58. The topological polar surface area (TPSA) is 41.6 Å². The molecular weight excluding hydrogens is 228 g/mol. The van der Waals surface area contributed by atoms with Gasteiger partial charge >= 0.3 is 5.97 Å². The molecule has 0 spiro atoms. The van der Waals surface area contributed by atoms with Gasteiger partial charge in [-0.15, -0.1) is 0 Å². The Labute approximate surface area is 109 Å². The van der Waals surface area contributed by atoms with Gasteiger partial charge in [-0.3, -0.25) is 0 Å². The molecule has 18 heavy (non-hydrogen) atoms. The van der Waals surface area contributed by atoms with Gasteiger partial charge in [0.05, 0.1) is 12.7 Å². The maximum atomic E-state index is 11.6. The number of esters is 1. The van der Waals surface area contributed by atoms with Crippen molar-refractivity contribution in [2.75, 3.05) is 27.7 Å². The van der Waals surface area contributed by atoms with Gasteiger partial charge in [-0.2, -0.15) is 0 Å². The molecule has 1 N–H and O–H groups in total. The number of nitrogens with zero attached hydrogens (tertiary/aromatic N) is 1. The van der Waals surface area contributed by atoms with Gasteiger partial charge in [0, 0.05) is 19.1 Å². The number of hydrogen-bond acceptors (Lipinski definition) is 4. The zero-order chi connectivity index (χ0) is 13.5. The van der Waals surface area contributed by atoms with Crippen LogP contribution in [0.15, 0.2) is 24.3 Å². The molecule has 0 aliphatic carbocycles. The predicted octanol–water partition coefficient (Wildman–Crippen LogP) is 1.51. The largest absolute Gasteiger partial charge is 0.465 e. The summed E-state index contributed by atoms with van der Waals surface area (Å²) in [5.41, 5.74) is 1.60. The minimum atomic E-state index is -0.284.